The van der Waals surface area contributed by atoms with Crippen LogP contribution >= 0.6 is 12.4 Å². The Labute approximate surface area is 119 Å². The number of ether oxygens (including phenoxy) is 1. The number of likely N-dealkylation sites (N-methyl/N-ethyl adjacent to an activating group) is 1. The van der Waals surface area contributed by atoms with Gasteiger partial charge in [-0.3, -0.25) is 4.79 Å². The summed E-state index contributed by atoms with van der Waals surface area (Å²) >= 11 is 0. The number of hydrogen-bond donors (Lipinski definition) is 1. The molecule has 108 valence electrons. The third-order valence-corrected chi connectivity index (χ3v) is 2.51. The predicted molar refractivity (Wildman–Crippen MR) is 76.4 cm³/mol. The molecule has 6 heteroatoms. The van der Waals surface area contributed by atoms with E-state index in [2.05, 4.69) is 5.32 Å². The monoisotopic (exact) mass is 290 g/mol. The summed E-state index contributed by atoms with van der Waals surface area (Å²) in [6, 6.07) is 5.91. The molecule has 0 unspecified atom stereocenters. The molecule has 0 saturated carbocycles. The largest absolute Gasteiger partial charge is 0.383 e. The summed E-state index contributed by atoms with van der Waals surface area (Å²) in [7, 11) is 1.61. The molecule has 0 aliphatic carbocycles. The number of methoxy groups -OCH3 is 1. The van der Waals surface area contributed by atoms with Crippen LogP contribution in [0.5, 0.6) is 0 Å². The molecule has 0 radical (unpaired) electrons. The van der Waals surface area contributed by atoms with Crippen molar-refractivity contribution in [3.8, 4) is 0 Å². The van der Waals surface area contributed by atoms with Crippen molar-refractivity contribution in [2.75, 3.05) is 38.3 Å². The van der Waals surface area contributed by atoms with Gasteiger partial charge in [0.25, 0.3) is 0 Å². The summed E-state index contributed by atoms with van der Waals surface area (Å²) in [6.07, 6.45) is 0. The average Bonchev–Trinajstić information content (AvgIpc) is 2.38. The molecule has 0 aliphatic rings. The van der Waals surface area contributed by atoms with Crippen molar-refractivity contribution in [2.45, 2.75) is 6.92 Å². The second-order valence-corrected chi connectivity index (χ2v) is 3.78. The Hall–Kier alpha value is -1.17. The number of benzene rings is 1. The number of amides is 1. The first kappa shape index (κ1) is 17.8. The van der Waals surface area contributed by atoms with Crippen LogP contribution in [0.3, 0.4) is 0 Å². The maximum Gasteiger partial charge on any atom is 0.240 e. The quantitative estimate of drug-likeness (QED) is 0.779. The van der Waals surface area contributed by atoms with Gasteiger partial charge in [0.05, 0.1) is 13.2 Å². The fourth-order valence-electron chi connectivity index (χ4n) is 1.59. The van der Waals surface area contributed by atoms with Crippen LogP contribution in [0, 0.1) is 5.82 Å². The van der Waals surface area contributed by atoms with E-state index in [1.165, 1.54) is 12.1 Å². The van der Waals surface area contributed by atoms with Gasteiger partial charge >= 0.3 is 0 Å². The van der Waals surface area contributed by atoms with Gasteiger partial charge in [0.15, 0.2) is 0 Å². The number of nitrogens with one attached hydrogen (secondary N) is 1. The fraction of sp³-hybridized carbons (Fsp3) is 0.462. The van der Waals surface area contributed by atoms with Gasteiger partial charge in [-0.05, 0) is 31.2 Å². The van der Waals surface area contributed by atoms with Crippen LogP contribution in [0.1, 0.15) is 6.92 Å². The van der Waals surface area contributed by atoms with Crippen LogP contribution in [-0.4, -0.2) is 39.3 Å². The van der Waals surface area contributed by atoms with E-state index in [0.717, 1.165) is 0 Å². The van der Waals surface area contributed by atoms with E-state index in [1.54, 1.807) is 24.1 Å². The van der Waals surface area contributed by atoms with Crippen molar-refractivity contribution in [3.05, 3.63) is 30.1 Å². The molecule has 1 rings (SSSR count). The zero-order valence-corrected chi connectivity index (χ0v) is 12.0. The van der Waals surface area contributed by atoms with Gasteiger partial charge in [-0.25, -0.2) is 4.39 Å². The van der Waals surface area contributed by atoms with E-state index < -0.39 is 0 Å². The van der Waals surface area contributed by atoms with Gasteiger partial charge in [-0.15, -0.1) is 12.4 Å². The number of halogens is 2. The molecule has 0 saturated heterocycles. The molecule has 0 aromatic heterocycles. The minimum atomic E-state index is -0.305. The Morgan fingerprint density at radius 3 is 2.53 bits per heavy atom. The number of anilines is 1. The molecule has 4 nitrogen and oxygen atoms in total. The summed E-state index contributed by atoms with van der Waals surface area (Å²) < 4.78 is 17.7. The molecule has 0 spiro atoms. The Morgan fingerprint density at radius 2 is 2.00 bits per heavy atom. The maximum atomic E-state index is 12.8. The van der Waals surface area contributed by atoms with E-state index in [-0.39, 0.29) is 30.7 Å². The summed E-state index contributed by atoms with van der Waals surface area (Å²) in [6.45, 7) is 3.88. The van der Waals surface area contributed by atoms with Crippen LogP contribution < -0.4 is 10.2 Å². The molecule has 0 atom stereocenters. The smallest absolute Gasteiger partial charge is 0.240 e. The summed E-state index contributed by atoms with van der Waals surface area (Å²) in [5.41, 5.74) is 0.706. The van der Waals surface area contributed by atoms with Crippen LogP contribution in [0.4, 0.5) is 10.1 Å². The number of rotatable bonds is 7. The van der Waals surface area contributed by atoms with Crippen molar-refractivity contribution >= 4 is 24.0 Å². The van der Waals surface area contributed by atoms with E-state index in [9.17, 15) is 9.18 Å². The Bertz CT molecular complexity index is 373. The molecule has 0 fully saturated rings. The minimum Gasteiger partial charge on any atom is -0.383 e. The van der Waals surface area contributed by atoms with E-state index in [0.29, 0.717) is 25.4 Å². The molecule has 0 heterocycles. The molecule has 1 amide bonds. The minimum absolute atomic E-state index is 0. The lowest BCUT2D eigenvalue weighted by Crippen LogP contribution is -2.39. The first-order valence-electron chi connectivity index (χ1n) is 5.94. The molecular formula is C13H20ClFN2O2. The standard InChI is InChI=1S/C13H19FN2O2.ClH/c1-3-16(12-6-4-11(14)5-7-12)13(17)10-15-8-9-18-2;/h4-7,15H,3,8-10H2,1-2H3;1H. The average molecular weight is 291 g/mol. The van der Waals surface area contributed by atoms with Crippen molar-refractivity contribution in [1.29, 1.82) is 0 Å². The van der Waals surface area contributed by atoms with Gasteiger partial charge < -0.3 is 15.0 Å². The Balaban J connectivity index is 0.00000324. The first-order chi connectivity index (χ1) is 8.69. The highest BCUT2D eigenvalue weighted by Gasteiger charge is 2.12. The van der Waals surface area contributed by atoms with Crippen molar-refractivity contribution < 1.29 is 13.9 Å². The summed E-state index contributed by atoms with van der Waals surface area (Å²) in [5.74, 6) is -0.347. The van der Waals surface area contributed by atoms with Crippen LogP contribution in [-0.2, 0) is 9.53 Å². The maximum absolute atomic E-state index is 12.8. The van der Waals surface area contributed by atoms with E-state index >= 15 is 0 Å². The SMILES string of the molecule is CCN(C(=O)CNCCOC)c1ccc(F)cc1.Cl. The Morgan fingerprint density at radius 1 is 1.37 bits per heavy atom. The molecular weight excluding hydrogens is 271 g/mol. The number of hydrogen-bond acceptors (Lipinski definition) is 3. The molecule has 0 bridgehead atoms. The molecule has 1 N–H and O–H groups in total. The van der Waals surface area contributed by atoms with Crippen molar-refractivity contribution in [2.24, 2.45) is 0 Å². The lowest BCUT2D eigenvalue weighted by atomic mass is 10.2. The summed E-state index contributed by atoms with van der Waals surface area (Å²) in [5, 5.41) is 2.99. The van der Waals surface area contributed by atoms with Gasteiger partial charge in [-0.2, -0.15) is 0 Å². The second-order valence-electron chi connectivity index (χ2n) is 3.78. The lowest BCUT2D eigenvalue weighted by Gasteiger charge is -2.21. The van der Waals surface area contributed by atoms with Gasteiger partial charge in [0, 0.05) is 25.9 Å². The summed E-state index contributed by atoms with van der Waals surface area (Å²) in [4.78, 5) is 13.6. The second kappa shape index (κ2) is 9.72. The van der Waals surface area contributed by atoms with Crippen LogP contribution in [0.25, 0.3) is 0 Å². The lowest BCUT2D eigenvalue weighted by molar-refractivity contribution is -0.117. The number of carbonyl (C=O) groups excluding carboxylic acids is 1. The Kier molecular flexibility index (Phi) is 9.12. The zero-order chi connectivity index (χ0) is 13.4. The third-order valence-electron chi connectivity index (χ3n) is 2.51. The zero-order valence-electron chi connectivity index (χ0n) is 11.2. The van der Waals surface area contributed by atoms with E-state index in [4.69, 9.17) is 4.74 Å². The predicted octanol–water partition coefficient (Wildman–Crippen LogP) is 1.84. The highest BCUT2D eigenvalue weighted by molar-refractivity contribution is 5.94. The van der Waals surface area contributed by atoms with Gasteiger partial charge in [-0.1, -0.05) is 0 Å². The highest BCUT2D eigenvalue weighted by atomic mass is 35.5. The molecule has 19 heavy (non-hydrogen) atoms. The van der Waals surface area contributed by atoms with Gasteiger partial charge in [0.2, 0.25) is 5.91 Å². The van der Waals surface area contributed by atoms with Crippen LogP contribution in [0.2, 0.25) is 0 Å². The first-order valence-corrected chi connectivity index (χ1v) is 5.94. The topological polar surface area (TPSA) is 41.6 Å². The van der Waals surface area contributed by atoms with Crippen LogP contribution in [0.15, 0.2) is 24.3 Å². The molecule has 0 aliphatic heterocycles. The number of carbonyl (C=O) groups is 1. The fourth-order valence-corrected chi connectivity index (χ4v) is 1.59. The third kappa shape index (κ3) is 6.00. The van der Waals surface area contributed by atoms with E-state index in [1.807, 2.05) is 6.92 Å². The molecule has 1 aromatic carbocycles. The molecule has 1 aromatic rings. The number of nitrogens with zero attached hydrogens (tertiary/aromatic N) is 1. The van der Waals surface area contributed by atoms with Crippen molar-refractivity contribution in [3.63, 3.8) is 0 Å². The van der Waals surface area contributed by atoms with Gasteiger partial charge in [0.1, 0.15) is 5.82 Å². The van der Waals surface area contributed by atoms with Crippen molar-refractivity contribution in [1.82, 2.24) is 5.32 Å². The highest BCUT2D eigenvalue weighted by Crippen LogP contribution is 2.14. The normalized spacial score (nSPS) is 9.84.